The highest BCUT2D eigenvalue weighted by molar-refractivity contribution is 5.76. The van der Waals surface area contributed by atoms with Crippen molar-refractivity contribution in [3.05, 3.63) is 35.9 Å². The van der Waals surface area contributed by atoms with Crippen molar-refractivity contribution in [3.63, 3.8) is 0 Å². The van der Waals surface area contributed by atoms with Crippen LogP contribution in [0.1, 0.15) is 38.7 Å². The molecule has 1 aromatic rings. The summed E-state index contributed by atoms with van der Waals surface area (Å²) in [6.07, 6.45) is 3.57. The van der Waals surface area contributed by atoms with Crippen molar-refractivity contribution in [1.82, 2.24) is 5.32 Å². The van der Waals surface area contributed by atoms with Gasteiger partial charge in [-0.2, -0.15) is 0 Å². The summed E-state index contributed by atoms with van der Waals surface area (Å²) < 4.78 is 0. The van der Waals surface area contributed by atoms with Crippen molar-refractivity contribution in [3.8, 4) is 0 Å². The number of rotatable bonds is 6. The summed E-state index contributed by atoms with van der Waals surface area (Å²) in [5.74, 6) is 0.157. The third-order valence-electron chi connectivity index (χ3n) is 2.61. The first-order valence-electron chi connectivity index (χ1n) is 6.05. The molecule has 0 aliphatic heterocycles. The highest BCUT2D eigenvalue weighted by atomic mass is 16.1. The van der Waals surface area contributed by atoms with Crippen LogP contribution in [0, 0.1) is 0 Å². The lowest BCUT2D eigenvalue weighted by Gasteiger charge is -2.12. The van der Waals surface area contributed by atoms with Crippen molar-refractivity contribution < 1.29 is 4.79 Å². The second-order valence-electron chi connectivity index (χ2n) is 4.24. The molecular weight excluding hydrogens is 198 g/mol. The molecule has 0 saturated carbocycles. The highest BCUT2D eigenvalue weighted by Gasteiger charge is 2.06. The molecule has 1 N–H and O–H groups in total. The molecule has 0 spiro atoms. The van der Waals surface area contributed by atoms with Crippen LogP contribution in [0.15, 0.2) is 30.3 Å². The topological polar surface area (TPSA) is 29.1 Å². The third kappa shape index (κ3) is 4.96. The molecule has 16 heavy (non-hydrogen) atoms. The van der Waals surface area contributed by atoms with Gasteiger partial charge in [0.05, 0.1) is 0 Å². The quantitative estimate of drug-likeness (QED) is 0.783. The summed E-state index contributed by atoms with van der Waals surface area (Å²) in [5.41, 5.74) is 1.22. The number of nitrogens with one attached hydrogen (secondary N) is 1. The van der Waals surface area contributed by atoms with E-state index >= 15 is 0 Å². The number of amides is 1. The fourth-order valence-corrected chi connectivity index (χ4v) is 1.75. The number of benzene rings is 1. The molecule has 0 bridgehead atoms. The van der Waals surface area contributed by atoms with Crippen molar-refractivity contribution in [1.29, 1.82) is 0 Å². The lowest BCUT2D eigenvalue weighted by Crippen LogP contribution is -2.32. The Labute approximate surface area is 98.1 Å². The Hall–Kier alpha value is -1.31. The maximum atomic E-state index is 11.6. The van der Waals surface area contributed by atoms with Gasteiger partial charge in [-0.15, -0.1) is 0 Å². The Kier molecular flexibility index (Phi) is 5.62. The first-order chi connectivity index (χ1) is 7.72. The maximum absolute atomic E-state index is 11.6. The molecule has 0 fully saturated rings. The van der Waals surface area contributed by atoms with Crippen LogP contribution in [0.3, 0.4) is 0 Å². The second kappa shape index (κ2) is 7.04. The van der Waals surface area contributed by atoms with Crippen molar-refractivity contribution in [2.45, 2.75) is 45.6 Å². The Balaban J connectivity index is 2.25. The zero-order valence-corrected chi connectivity index (χ0v) is 10.2. The minimum atomic E-state index is 0.157. The Bertz CT molecular complexity index is 308. The van der Waals surface area contributed by atoms with Gasteiger partial charge in [-0.1, -0.05) is 43.7 Å². The third-order valence-corrected chi connectivity index (χ3v) is 2.61. The smallest absolute Gasteiger partial charge is 0.220 e. The average Bonchev–Trinajstić information content (AvgIpc) is 2.28. The first-order valence-corrected chi connectivity index (χ1v) is 6.05. The molecule has 1 rings (SSSR count). The molecule has 0 heterocycles. The molecule has 0 unspecified atom stereocenters. The second-order valence-corrected chi connectivity index (χ2v) is 4.24. The molecule has 0 saturated heterocycles. The largest absolute Gasteiger partial charge is 0.354 e. The van der Waals surface area contributed by atoms with E-state index in [9.17, 15) is 4.79 Å². The highest BCUT2D eigenvalue weighted by Crippen LogP contribution is 2.03. The van der Waals surface area contributed by atoms with Gasteiger partial charge in [0.25, 0.3) is 0 Å². The minimum Gasteiger partial charge on any atom is -0.354 e. The number of carbonyl (C=O) groups is 1. The summed E-state index contributed by atoms with van der Waals surface area (Å²) in [7, 11) is 0. The predicted octanol–water partition coefficient (Wildman–Crippen LogP) is 2.92. The maximum Gasteiger partial charge on any atom is 0.220 e. The van der Waals surface area contributed by atoms with Crippen molar-refractivity contribution in [2.75, 3.05) is 0 Å². The summed E-state index contributed by atoms with van der Waals surface area (Å²) in [6, 6.07) is 10.4. The molecule has 1 amide bonds. The molecule has 2 heteroatoms. The van der Waals surface area contributed by atoms with E-state index in [1.807, 2.05) is 18.2 Å². The van der Waals surface area contributed by atoms with Gasteiger partial charge in [0.15, 0.2) is 0 Å². The van der Waals surface area contributed by atoms with Gasteiger partial charge >= 0.3 is 0 Å². The molecule has 2 nitrogen and oxygen atoms in total. The van der Waals surface area contributed by atoms with Gasteiger partial charge in [0, 0.05) is 12.5 Å². The first kappa shape index (κ1) is 12.8. The van der Waals surface area contributed by atoms with Gasteiger partial charge in [-0.3, -0.25) is 4.79 Å². The fraction of sp³-hybridized carbons (Fsp3) is 0.500. The van der Waals surface area contributed by atoms with E-state index in [0.717, 1.165) is 19.3 Å². The van der Waals surface area contributed by atoms with E-state index in [2.05, 4.69) is 31.3 Å². The number of hydrogen-bond donors (Lipinski definition) is 1. The van der Waals surface area contributed by atoms with E-state index in [-0.39, 0.29) is 5.91 Å². The Morgan fingerprint density at radius 3 is 2.62 bits per heavy atom. The predicted molar refractivity (Wildman–Crippen MR) is 67.3 cm³/mol. The molecule has 0 aromatic heterocycles. The Morgan fingerprint density at radius 2 is 2.00 bits per heavy atom. The molecule has 1 aromatic carbocycles. The van der Waals surface area contributed by atoms with Crippen LogP contribution in [0.25, 0.3) is 0 Å². The minimum absolute atomic E-state index is 0.157. The van der Waals surface area contributed by atoms with E-state index < -0.39 is 0 Å². The molecule has 88 valence electrons. The average molecular weight is 219 g/mol. The van der Waals surface area contributed by atoms with Crippen LogP contribution in [-0.4, -0.2) is 11.9 Å². The van der Waals surface area contributed by atoms with E-state index in [4.69, 9.17) is 0 Å². The number of hydrogen-bond acceptors (Lipinski definition) is 1. The summed E-state index contributed by atoms with van der Waals surface area (Å²) in [6.45, 7) is 4.19. The number of carbonyl (C=O) groups excluding carboxylic acids is 1. The monoisotopic (exact) mass is 219 g/mol. The molecule has 0 aliphatic rings. The van der Waals surface area contributed by atoms with Crippen LogP contribution < -0.4 is 5.32 Å². The van der Waals surface area contributed by atoms with Crippen LogP contribution in [-0.2, 0) is 11.2 Å². The van der Waals surface area contributed by atoms with Gasteiger partial charge in [0.2, 0.25) is 5.91 Å². The number of aryl methyl sites for hydroxylation is 1. The molecular formula is C14H21NO. The van der Waals surface area contributed by atoms with Crippen LogP contribution >= 0.6 is 0 Å². The van der Waals surface area contributed by atoms with Gasteiger partial charge < -0.3 is 5.32 Å². The molecule has 1 atom stereocenters. The van der Waals surface area contributed by atoms with Gasteiger partial charge in [0.1, 0.15) is 0 Å². The van der Waals surface area contributed by atoms with Crippen molar-refractivity contribution in [2.24, 2.45) is 0 Å². The standard InChI is InChI=1S/C14H21NO/c1-3-7-12(2)15-14(16)11-10-13-8-5-4-6-9-13/h4-6,8-9,12H,3,7,10-11H2,1-2H3,(H,15,16)/t12-/m1/s1. The molecule has 0 radical (unpaired) electrons. The van der Waals surface area contributed by atoms with Crippen LogP contribution in [0.5, 0.6) is 0 Å². The van der Waals surface area contributed by atoms with Gasteiger partial charge in [-0.25, -0.2) is 0 Å². The van der Waals surface area contributed by atoms with Crippen molar-refractivity contribution >= 4 is 5.91 Å². The summed E-state index contributed by atoms with van der Waals surface area (Å²) in [5, 5.41) is 3.01. The van der Waals surface area contributed by atoms with E-state index in [0.29, 0.717) is 12.5 Å². The lowest BCUT2D eigenvalue weighted by molar-refractivity contribution is -0.121. The van der Waals surface area contributed by atoms with E-state index in [1.165, 1.54) is 5.56 Å². The van der Waals surface area contributed by atoms with E-state index in [1.54, 1.807) is 0 Å². The normalized spacial score (nSPS) is 12.1. The summed E-state index contributed by atoms with van der Waals surface area (Å²) in [4.78, 5) is 11.6. The zero-order chi connectivity index (χ0) is 11.8. The fourth-order valence-electron chi connectivity index (χ4n) is 1.75. The van der Waals surface area contributed by atoms with Crippen LogP contribution in [0.4, 0.5) is 0 Å². The zero-order valence-electron chi connectivity index (χ0n) is 10.2. The van der Waals surface area contributed by atoms with Gasteiger partial charge in [-0.05, 0) is 25.3 Å². The summed E-state index contributed by atoms with van der Waals surface area (Å²) >= 11 is 0. The SMILES string of the molecule is CCC[C@@H](C)NC(=O)CCc1ccccc1. The lowest BCUT2D eigenvalue weighted by atomic mass is 10.1. The van der Waals surface area contributed by atoms with Crippen LogP contribution in [0.2, 0.25) is 0 Å². The molecule has 0 aliphatic carbocycles. The Morgan fingerprint density at radius 1 is 1.31 bits per heavy atom.